The molecule has 1 saturated carbocycles. The van der Waals surface area contributed by atoms with E-state index in [0.29, 0.717) is 17.2 Å². The number of halogens is 2. The number of rotatable bonds is 11. The third-order valence-electron chi connectivity index (χ3n) is 6.71. The molecule has 0 heterocycles. The number of sulfonamides is 1. The number of nitrogens with zero attached hydrogens (tertiary/aromatic N) is 2. The summed E-state index contributed by atoms with van der Waals surface area (Å²) < 4.78 is 31.7. The first-order valence-corrected chi connectivity index (χ1v) is 15.3. The first kappa shape index (κ1) is 30.1. The summed E-state index contributed by atoms with van der Waals surface area (Å²) >= 11 is 12.3. The molecule has 1 aliphatic rings. The largest absolute Gasteiger partial charge is 0.497 e. The Balaban J connectivity index is 1.93. The van der Waals surface area contributed by atoms with Gasteiger partial charge in [-0.15, -0.1) is 0 Å². The molecule has 2 amide bonds. The van der Waals surface area contributed by atoms with Crippen molar-refractivity contribution in [1.82, 2.24) is 10.2 Å². The number of ether oxygens (including phenoxy) is 1. The van der Waals surface area contributed by atoms with E-state index in [1.165, 1.54) is 23.1 Å². The molecule has 0 radical (unpaired) electrons. The van der Waals surface area contributed by atoms with E-state index >= 15 is 0 Å². The summed E-state index contributed by atoms with van der Waals surface area (Å²) in [5.74, 6) is -0.103. The van der Waals surface area contributed by atoms with Crippen LogP contribution in [0.1, 0.15) is 51.0 Å². The molecule has 2 aromatic rings. The second kappa shape index (κ2) is 13.5. The molecule has 0 aliphatic heterocycles. The lowest BCUT2D eigenvalue weighted by Gasteiger charge is -2.34. The maximum Gasteiger partial charge on any atom is 0.244 e. The zero-order chi connectivity index (χ0) is 27.9. The molecule has 1 aliphatic carbocycles. The molecule has 0 spiro atoms. The summed E-state index contributed by atoms with van der Waals surface area (Å²) in [4.78, 5) is 28.7. The van der Waals surface area contributed by atoms with Gasteiger partial charge in [0.15, 0.2) is 0 Å². The Morgan fingerprint density at radius 1 is 1.08 bits per heavy atom. The standard InChI is InChI=1S/C27H35Cl2N3O5S/c1-4-24(27(34)30-21-8-6-5-7-9-21)31(17-19-10-13-22(37-2)14-11-19)26(33)18-32(38(3,35)36)25-15-12-20(28)16-23(25)29/h10-16,21,24H,4-9,17-18H2,1-3H3,(H,30,34)/t24-/m0/s1. The molecule has 1 N–H and O–H groups in total. The summed E-state index contributed by atoms with van der Waals surface area (Å²) in [5, 5.41) is 3.55. The molecule has 38 heavy (non-hydrogen) atoms. The Kier molecular flexibility index (Phi) is 10.7. The summed E-state index contributed by atoms with van der Waals surface area (Å²) in [7, 11) is -2.33. The van der Waals surface area contributed by atoms with Crippen LogP contribution in [0.2, 0.25) is 10.0 Å². The highest BCUT2D eigenvalue weighted by Crippen LogP contribution is 2.31. The van der Waals surface area contributed by atoms with Crippen LogP contribution in [0.4, 0.5) is 5.69 Å². The van der Waals surface area contributed by atoms with Crippen molar-refractivity contribution in [3.63, 3.8) is 0 Å². The van der Waals surface area contributed by atoms with Crippen LogP contribution >= 0.6 is 23.2 Å². The topological polar surface area (TPSA) is 96.0 Å². The van der Waals surface area contributed by atoms with Gasteiger partial charge in [0, 0.05) is 17.6 Å². The molecular weight excluding hydrogens is 549 g/mol. The molecule has 11 heteroatoms. The van der Waals surface area contributed by atoms with Crippen molar-refractivity contribution in [3.8, 4) is 5.75 Å². The highest BCUT2D eigenvalue weighted by atomic mass is 35.5. The summed E-state index contributed by atoms with van der Waals surface area (Å²) in [6, 6.07) is 10.9. The minimum Gasteiger partial charge on any atom is -0.497 e. The number of carbonyl (C=O) groups is 2. The van der Waals surface area contributed by atoms with Crippen LogP contribution in [0.3, 0.4) is 0 Å². The second-order valence-electron chi connectivity index (χ2n) is 9.50. The smallest absolute Gasteiger partial charge is 0.244 e. The van der Waals surface area contributed by atoms with Crippen LogP contribution in [-0.2, 0) is 26.2 Å². The van der Waals surface area contributed by atoms with Gasteiger partial charge < -0.3 is 15.0 Å². The molecule has 0 aromatic heterocycles. The van der Waals surface area contributed by atoms with E-state index in [-0.39, 0.29) is 29.2 Å². The zero-order valence-corrected chi connectivity index (χ0v) is 24.3. The number of hydrogen-bond donors (Lipinski definition) is 1. The van der Waals surface area contributed by atoms with Crippen molar-refractivity contribution >= 4 is 50.7 Å². The molecule has 1 atom stereocenters. The van der Waals surface area contributed by atoms with Gasteiger partial charge in [-0.2, -0.15) is 0 Å². The van der Waals surface area contributed by atoms with Crippen LogP contribution in [0.5, 0.6) is 5.75 Å². The molecule has 8 nitrogen and oxygen atoms in total. The maximum absolute atomic E-state index is 13.8. The Hall–Kier alpha value is -2.49. The summed E-state index contributed by atoms with van der Waals surface area (Å²) in [6.45, 7) is 1.43. The number of hydrogen-bond acceptors (Lipinski definition) is 5. The van der Waals surface area contributed by atoms with Gasteiger partial charge in [-0.25, -0.2) is 8.42 Å². The van der Waals surface area contributed by atoms with Gasteiger partial charge in [-0.1, -0.05) is 61.5 Å². The second-order valence-corrected chi connectivity index (χ2v) is 12.3. The fourth-order valence-electron chi connectivity index (χ4n) is 4.67. The van der Waals surface area contributed by atoms with E-state index in [1.54, 1.807) is 19.2 Å². The predicted octanol–water partition coefficient (Wildman–Crippen LogP) is 5.02. The average Bonchev–Trinajstić information content (AvgIpc) is 2.88. The third-order valence-corrected chi connectivity index (χ3v) is 8.37. The summed E-state index contributed by atoms with van der Waals surface area (Å²) in [6.07, 6.45) is 6.45. The van der Waals surface area contributed by atoms with Gasteiger partial charge in [-0.05, 0) is 55.2 Å². The van der Waals surface area contributed by atoms with Gasteiger partial charge in [-0.3, -0.25) is 13.9 Å². The van der Waals surface area contributed by atoms with Gasteiger partial charge in [0.1, 0.15) is 18.3 Å². The van der Waals surface area contributed by atoms with Crippen molar-refractivity contribution in [2.24, 2.45) is 0 Å². The predicted molar refractivity (Wildman–Crippen MR) is 151 cm³/mol. The lowest BCUT2D eigenvalue weighted by atomic mass is 9.95. The fraction of sp³-hybridized carbons (Fsp3) is 0.481. The molecule has 0 bridgehead atoms. The molecule has 1 fully saturated rings. The summed E-state index contributed by atoms with van der Waals surface area (Å²) in [5.41, 5.74) is 0.912. The van der Waals surface area contributed by atoms with Crippen LogP contribution in [0, 0.1) is 0 Å². The molecule has 208 valence electrons. The minimum absolute atomic E-state index is 0.0728. The van der Waals surface area contributed by atoms with E-state index in [4.69, 9.17) is 27.9 Å². The van der Waals surface area contributed by atoms with Crippen molar-refractivity contribution in [2.75, 3.05) is 24.2 Å². The number of benzene rings is 2. The maximum atomic E-state index is 13.8. The van der Waals surface area contributed by atoms with Crippen LogP contribution in [0.15, 0.2) is 42.5 Å². The first-order valence-electron chi connectivity index (χ1n) is 12.7. The number of methoxy groups -OCH3 is 1. The minimum atomic E-state index is -3.90. The van der Waals surface area contributed by atoms with Gasteiger partial charge in [0.05, 0.1) is 24.1 Å². The molecule has 0 unspecified atom stereocenters. The molecular formula is C27H35Cl2N3O5S. The average molecular weight is 585 g/mol. The normalized spacial score (nSPS) is 15.0. The molecule has 0 saturated heterocycles. The zero-order valence-electron chi connectivity index (χ0n) is 22.0. The van der Waals surface area contributed by atoms with Crippen molar-refractivity contribution in [3.05, 3.63) is 58.1 Å². The van der Waals surface area contributed by atoms with Gasteiger partial charge in [0.2, 0.25) is 21.8 Å². The first-order chi connectivity index (χ1) is 18.0. The number of anilines is 1. The Bertz CT molecular complexity index is 1220. The van der Waals surface area contributed by atoms with Crippen LogP contribution in [0.25, 0.3) is 0 Å². The third kappa shape index (κ3) is 8.01. The Morgan fingerprint density at radius 3 is 2.29 bits per heavy atom. The highest BCUT2D eigenvalue weighted by Gasteiger charge is 2.33. The van der Waals surface area contributed by atoms with Crippen molar-refractivity contribution in [2.45, 2.75) is 64.1 Å². The Labute approximate surface area is 235 Å². The Morgan fingerprint density at radius 2 is 1.74 bits per heavy atom. The van der Waals surface area contributed by atoms with E-state index in [1.807, 2.05) is 19.1 Å². The van der Waals surface area contributed by atoms with E-state index < -0.39 is 28.5 Å². The lowest BCUT2D eigenvalue weighted by molar-refractivity contribution is -0.140. The van der Waals surface area contributed by atoms with Crippen LogP contribution < -0.4 is 14.4 Å². The van der Waals surface area contributed by atoms with E-state index in [0.717, 1.165) is 48.2 Å². The SMILES string of the molecule is CC[C@@H](C(=O)NC1CCCCC1)N(Cc1ccc(OC)cc1)C(=O)CN(c1ccc(Cl)cc1Cl)S(C)(=O)=O. The fourth-order valence-corrected chi connectivity index (χ4v) is 6.09. The van der Waals surface area contributed by atoms with Crippen molar-refractivity contribution < 1.29 is 22.7 Å². The molecule has 2 aromatic carbocycles. The van der Waals surface area contributed by atoms with Gasteiger partial charge in [0.25, 0.3) is 0 Å². The monoisotopic (exact) mass is 583 g/mol. The van der Waals surface area contributed by atoms with Gasteiger partial charge >= 0.3 is 0 Å². The van der Waals surface area contributed by atoms with E-state index in [9.17, 15) is 18.0 Å². The van der Waals surface area contributed by atoms with Crippen LogP contribution in [-0.4, -0.2) is 57.1 Å². The quantitative estimate of drug-likeness (QED) is 0.400. The highest BCUT2D eigenvalue weighted by molar-refractivity contribution is 7.92. The number of nitrogens with one attached hydrogen (secondary N) is 1. The van der Waals surface area contributed by atoms with E-state index in [2.05, 4.69) is 5.32 Å². The number of carbonyl (C=O) groups excluding carboxylic acids is 2. The molecule has 3 rings (SSSR count). The number of amides is 2. The van der Waals surface area contributed by atoms with Crippen molar-refractivity contribution in [1.29, 1.82) is 0 Å². The lowest BCUT2D eigenvalue weighted by Crippen LogP contribution is -2.54.